The van der Waals surface area contributed by atoms with Crippen LogP contribution in [0.3, 0.4) is 0 Å². The molecule has 0 aliphatic heterocycles. The molecule has 4 rings (SSSR count). The maximum absolute atomic E-state index is 12.8. The van der Waals surface area contributed by atoms with Gasteiger partial charge in [-0.05, 0) is 42.8 Å². The van der Waals surface area contributed by atoms with E-state index in [1.54, 1.807) is 31.6 Å². The highest BCUT2D eigenvalue weighted by molar-refractivity contribution is 7.99. The number of hydrogen-bond donors (Lipinski definition) is 0. The van der Waals surface area contributed by atoms with E-state index in [1.165, 1.54) is 28.8 Å². The zero-order valence-corrected chi connectivity index (χ0v) is 18.8. The van der Waals surface area contributed by atoms with E-state index in [2.05, 4.69) is 15.2 Å². The second-order valence-electron chi connectivity index (χ2n) is 7.18. The minimum atomic E-state index is -0.473. The maximum atomic E-state index is 12.8. The number of aromatic nitrogens is 4. The van der Waals surface area contributed by atoms with Gasteiger partial charge in [-0.15, -0.1) is 10.2 Å². The second-order valence-corrected chi connectivity index (χ2v) is 8.13. The van der Waals surface area contributed by atoms with Crippen LogP contribution in [0, 0.1) is 17.0 Å². The van der Waals surface area contributed by atoms with Crippen molar-refractivity contribution in [2.45, 2.75) is 12.1 Å². The third kappa shape index (κ3) is 4.75. The molecule has 0 fully saturated rings. The Kier molecular flexibility index (Phi) is 6.45. The molecule has 0 aliphatic carbocycles. The van der Waals surface area contributed by atoms with Crippen LogP contribution in [0.25, 0.3) is 17.1 Å². The molecule has 2 heterocycles. The van der Waals surface area contributed by atoms with Gasteiger partial charge in [0.2, 0.25) is 5.91 Å². The lowest BCUT2D eigenvalue weighted by atomic mass is 10.2. The summed E-state index contributed by atoms with van der Waals surface area (Å²) in [5.74, 6) is 0.581. The van der Waals surface area contributed by atoms with Crippen molar-refractivity contribution in [3.63, 3.8) is 0 Å². The minimum absolute atomic E-state index is 0.0248. The molecule has 0 N–H and O–H groups in total. The molecule has 0 unspecified atom stereocenters. The number of hydrogen-bond acceptors (Lipinski definition) is 7. The number of carbonyl (C=O) groups is 1. The summed E-state index contributed by atoms with van der Waals surface area (Å²) in [6.07, 6.45) is 3.42. The van der Waals surface area contributed by atoms with E-state index in [0.29, 0.717) is 16.7 Å². The van der Waals surface area contributed by atoms with E-state index in [-0.39, 0.29) is 17.3 Å². The van der Waals surface area contributed by atoms with Gasteiger partial charge in [0.15, 0.2) is 11.0 Å². The van der Waals surface area contributed by atoms with Gasteiger partial charge >= 0.3 is 0 Å². The Morgan fingerprint density at radius 1 is 1.09 bits per heavy atom. The van der Waals surface area contributed by atoms with E-state index in [9.17, 15) is 14.9 Å². The number of thioether (sulfide) groups is 1. The van der Waals surface area contributed by atoms with Crippen molar-refractivity contribution in [2.24, 2.45) is 0 Å². The van der Waals surface area contributed by atoms with Crippen molar-refractivity contribution in [1.29, 1.82) is 0 Å². The molecule has 2 aromatic heterocycles. The lowest BCUT2D eigenvalue weighted by Gasteiger charge is -2.17. The predicted octanol–water partition coefficient (Wildman–Crippen LogP) is 4.30. The van der Waals surface area contributed by atoms with Crippen LogP contribution in [-0.4, -0.2) is 43.4 Å². The van der Waals surface area contributed by atoms with Gasteiger partial charge in [0.05, 0.1) is 16.4 Å². The fourth-order valence-corrected chi connectivity index (χ4v) is 4.10. The second kappa shape index (κ2) is 9.61. The summed E-state index contributed by atoms with van der Waals surface area (Å²) < 4.78 is 1.93. The number of non-ortho nitro benzene ring substituents is 1. The first kappa shape index (κ1) is 22.2. The van der Waals surface area contributed by atoms with Crippen molar-refractivity contribution in [3.05, 3.63) is 88.7 Å². The lowest BCUT2D eigenvalue weighted by molar-refractivity contribution is -0.384. The number of anilines is 1. The molecule has 0 saturated carbocycles. The fourth-order valence-electron chi connectivity index (χ4n) is 3.24. The highest BCUT2D eigenvalue weighted by Gasteiger charge is 2.20. The summed E-state index contributed by atoms with van der Waals surface area (Å²) in [5.41, 5.74) is 3.32. The van der Waals surface area contributed by atoms with Crippen molar-refractivity contribution in [1.82, 2.24) is 19.7 Å². The van der Waals surface area contributed by atoms with Gasteiger partial charge in [-0.25, -0.2) is 0 Å². The number of rotatable bonds is 7. The largest absolute Gasteiger partial charge is 0.315 e. The Hall–Kier alpha value is -4.05. The minimum Gasteiger partial charge on any atom is -0.315 e. The smallest absolute Gasteiger partial charge is 0.269 e. The molecule has 0 saturated heterocycles. The van der Waals surface area contributed by atoms with Gasteiger partial charge in [-0.3, -0.25) is 24.5 Å². The molecule has 0 aliphatic rings. The summed E-state index contributed by atoms with van der Waals surface area (Å²) in [6.45, 7) is 2.00. The van der Waals surface area contributed by atoms with Gasteiger partial charge in [0.1, 0.15) is 0 Å². The van der Waals surface area contributed by atoms with Crippen molar-refractivity contribution >= 4 is 29.0 Å². The Morgan fingerprint density at radius 3 is 2.52 bits per heavy atom. The topological polar surface area (TPSA) is 107 Å². The van der Waals surface area contributed by atoms with E-state index in [0.717, 1.165) is 16.8 Å². The molecule has 0 radical (unpaired) electrons. The average molecular weight is 461 g/mol. The monoisotopic (exact) mass is 460 g/mol. The number of amides is 1. The van der Waals surface area contributed by atoms with E-state index < -0.39 is 4.92 Å². The third-order valence-electron chi connectivity index (χ3n) is 5.06. The zero-order valence-electron chi connectivity index (χ0n) is 18.0. The lowest BCUT2D eigenvalue weighted by Crippen LogP contribution is -2.28. The average Bonchev–Trinajstić information content (AvgIpc) is 3.26. The van der Waals surface area contributed by atoms with Crippen LogP contribution in [0.2, 0.25) is 0 Å². The third-order valence-corrected chi connectivity index (χ3v) is 5.97. The fraction of sp³-hybridized carbons (Fsp3) is 0.130. The number of nitrogens with zero attached hydrogens (tertiary/aromatic N) is 6. The maximum Gasteiger partial charge on any atom is 0.269 e. The summed E-state index contributed by atoms with van der Waals surface area (Å²) in [5, 5.41) is 20.2. The number of pyridine rings is 1. The molecule has 0 bridgehead atoms. The van der Waals surface area contributed by atoms with Crippen LogP contribution in [0.15, 0.2) is 78.2 Å². The molecule has 166 valence electrons. The quantitative estimate of drug-likeness (QED) is 0.230. The summed E-state index contributed by atoms with van der Waals surface area (Å²) >= 11 is 1.27. The molecule has 33 heavy (non-hydrogen) atoms. The molecule has 0 atom stereocenters. The van der Waals surface area contributed by atoms with Crippen LogP contribution in [-0.2, 0) is 4.79 Å². The van der Waals surface area contributed by atoms with E-state index in [1.807, 2.05) is 47.9 Å². The van der Waals surface area contributed by atoms with Crippen LogP contribution in [0.1, 0.15) is 5.56 Å². The van der Waals surface area contributed by atoms with Gasteiger partial charge in [-0.2, -0.15) is 0 Å². The van der Waals surface area contributed by atoms with Crippen LogP contribution in [0.5, 0.6) is 0 Å². The summed E-state index contributed by atoms with van der Waals surface area (Å²) in [4.78, 5) is 28.9. The molecular weight excluding hydrogens is 440 g/mol. The first-order chi connectivity index (χ1) is 16.0. The van der Waals surface area contributed by atoms with Crippen molar-refractivity contribution in [2.75, 3.05) is 17.7 Å². The summed E-state index contributed by atoms with van der Waals surface area (Å²) in [6, 6.07) is 17.5. The SMILES string of the molecule is Cc1ccccc1-n1c(SCC(=O)N(C)c2ccc([N+](=O)[O-])cc2)nnc1-c1cccnc1. The Balaban J connectivity index is 1.59. The number of benzene rings is 2. The Bertz CT molecular complexity index is 1290. The zero-order chi connectivity index (χ0) is 23.4. The van der Waals surface area contributed by atoms with E-state index in [4.69, 9.17) is 0 Å². The number of nitro benzene ring substituents is 1. The van der Waals surface area contributed by atoms with Gasteiger partial charge < -0.3 is 4.90 Å². The normalized spacial score (nSPS) is 10.7. The number of para-hydroxylation sites is 1. The summed E-state index contributed by atoms with van der Waals surface area (Å²) in [7, 11) is 1.64. The van der Waals surface area contributed by atoms with Crippen molar-refractivity contribution in [3.8, 4) is 17.1 Å². The van der Waals surface area contributed by atoms with E-state index >= 15 is 0 Å². The molecule has 1 amide bonds. The predicted molar refractivity (Wildman–Crippen MR) is 127 cm³/mol. The first-order valence-electron chi connectivity index (χ1n) is 10.0. The standard InChI is InChI=1S/C23H20N6O3S/c1-16-6-3-4-8-20(16)28-22(17-7-5-13-24-14-17)25-26-23(28)33-15-21(30)27(2)18-9-11-19(12-10-18)29(31)32/h3-14H,15H2,1-2H3. The van der Waals surface area contributed by atoms with Crippen LogP contribution < -0.4 is 4.90 Å². The molecule has 0 spiro atoms. The highest BCUT2D eigenvalue weighted by Crippen LogP contribution is 2.29. The Labute approximate surface area is 194 Å². The number of nitro groups is 1. The van der Waals surface area contributed by atoms with Gasteiger partial charge in [0, 0.05) is 42.8 Å². The number of carbonyl (C=O) groups excluding carboxylic acids is 1. The van der Waals surface area contributed by atoms with Crippen LogP contribution in [0.4, 0.5) is 11.4 Å². The van der Waals surface area contributed by atoms with Gasteiger partial charge in [0.25, 0.3) is 5.69 Å². The molecule has 4 aromatic rings. The number of aryl methyl sites for hydroxylation is 1. The molecule has 10 heteroatoms. The molecular formula is C23H20N6O3S. The Morgan fingerprint density at radius 2 is 1.85 bits per heavy atom. The molecule has 9 nitrogen and oxygen atoms in total. The van der Waals surface area contributed by atoms with Gasteiger partial charge in [-0.1, -0.05) is 30.0 Å². The van der Waals surface area contributed by atoms with Crippen LogP contribution >= 0.6 is 11.8 Å². The molecule has 2 aromatic carbocycles. The highest BCUT2D eigenvalue weighted by atomic mass is 32.2. The van der Waals surface area contributed by atoms with Crippen molar-refractivity contribution < 1.29 is 9.72 Å². The first-order valence-corrected chi connectivity index (χ1v) is 11.0.